The number of hydrogen-bond acceptors (Lipinski definition) is 3. The summed E-state index contributed by atoms with van der Waals surface area (Å²) in [5.41, 5.74) is 4.22. The Morgan fingerprint density at radius 3 is 2.22 bits per heavy atom. The van der Waals surface area contributed by atoms with E-state index in [1.54, 1.807) is 12.1 Å². The third kappa shape index (κ3) is 2.94. The Morgan fingerprint density at radius 2 is 1.61 bits per heavy atom. The number of rotatable bonds is 4. The number of hydrogen-bond donors (Lipinski definition) is 1. The van der Waals surface area contributed by atoms with E-state index in [1.165, 1.54) is 0 Å². The van der Waals surface area contributed by atoms with Crippen molar-refractivity contribution in [1.29, 1.82) is 0 Å². The first kappa shape index (κ1) is 14.8. The summed E-state index contributed by atoms with van der Waals surface area (Å²) >= 11 is 0. The number of para-hydroxylation sites is 1. The third-order valence-electron chi connectivity index (χ3n) is 3.76. The molecule has 23 heavy (non-hydrogen) atoms. The van der Waals surface area contributed by atoms with Crippen molar-refractivity contribution in [2.75, 3.05) is 5.32 Å². The van der Waals surface area contributed by atoms with Gasteiger partial charge in [-0.05, 0) is 50.2 Å². The molecule has 0 amide bonds. The number of aromatic nitrogens is 1. The zero-order chi connectivity index (χ0) is 16.4. The number of nitro groups is 1. The number of aryl methyl sites for hydroxylation is 2. The molecular weight excluding hydrogens is 290 g/mol. The monoisotopic (exact) mass is 307 g/mol. The minimum atomic E-state index is -0.358. The number of nitrogens with one attached hydrogen (secondary N) is 1. The molecule has 0 aliphatic carbocycles. The Kier molecular flexibility index (Phi) is 3.85. The van der Waals surface area contributed by atoms with Crippen LogP contribution in [0.25, 0.3) is 5.69 Å². The van der Waals surface area contributed by atoms with Crippen LogP contribution in [0.1, 0.15) is 11.4 Å². The largest absolute Gasteiger partial charge is 0.350 e. The van der Waals surface area contributed by atoms with Gasteiger partial charge in [0, 0.05) is 23.1 Å². The van der Waals surface area contributed by atoms with Crippen molar-refractivity contribution >= 4 is 17.1 Å². The first-order chi connectivity index (χ1) is 11.1. The standard InChI is InChI=1S/C18H17N3O2/c1-13-8-9-14(2)20(13)16-10-11-17(18(12-16)21(22)23)19-15-6-4-3-5-7-15/h3-12,19H,1-2H3. The summed E-state index contributed by atoms with van der Waals surface area (Å²) in [5, 5.41) is 14.6. The molecule has 0 fully saturated rings. The zero-order valence-electron chi connectivity index (χ0n) is 13.0. The van der Waals surface area contributed by atoms with Crippen LogP contribution in [0.4, 0.5) is 17.1 Å². The lowest BCUT2D eigenvalue weighted by Crippen LogP contribution is -2.02. The van der Waals surface area contributed by atoms with Crippen LogP contribution in [0, 0.1) is 24.0 Å². The number of anilines is 2. The molecule has 3 rings (SSSR count). The fourth-order valence-corrected chi connectivity index (χ4v) is 2.67. The second-order valence-electron chi connectivity index (χ2n) is 5.40. The Labute approximate surface area is 134 Å². The Morgan fingerprint density at radius 1 is 0.957 bits per heavy atom. The molecule has 5 nitrogen and oxygen atoms in total. The summed E-state index contributed by atoms with van der Waals surface area (Å²) in [4.78, 5) is 11.1. The molecule has 0 radical (unpaired) electrons. The van der Waals surface area contributed by atoms with Crippen LogP contribution in [0.15, 0.2) is 60.7 Å². The summed E-state index contributed by atoms with van der Waals surface area (Å²) in [7, 11) is 0. The summed E-state index contributed by atoms with van der Waals surface area (Å²) in [6.45, 7) is 3.96. The maximum Gasteiger partial charge on any atom is 0.294 e. The molecule has 0 atom stereocenters. The highest BCUT2D eigenvalue weighted by molar-refractivity contribution is 5.71. The van der Waals surface area contributed by atoms with Gasteiger partial charge in [-0.25, -0.2) is 0 Å². The van der Waals surface area contributed by atoms with Gasteiger partial charge in [-0.15, -0.1) is 0 Å². The molecule has 0 bridgehead atoms. The van der Waals surface area contributed by atoms with Gasteiger partial charge in [-0.3, -0.25) is 10.1 Å². The first-order valence-electron chi connectivity index (χ1n) is 7.32. The predicted octanol–water partition coefficient (Wildman–Crippen LogP) is 4.75. The molecule has 116 valence electrons. The van der Waals surface area contributed by atoms with Crippen LogP contribution >= 0.6 is 0 Å². The number of benzene rings is 2. The number of nitrogens with zero attached hydrogens (tertiary/aromatic N) is 2. The van der Waals surface area contributed by atoms with Gasteiger partial charge in [-0.2, -0.15) is 0 Å². The Hall–Kier alpha value is -3.08. The van der Waals surface area contributed by atoms with Crippen molar-refractivity contribution < 1.29 is 4.92 Å². The number of nitro benzene ring substituents is 1. The quantitative estimate of drug-likeness (QED) is 0.559. The fourth-order valence-electron chi connectivity index (χ4n) is 2.67. The molecule has 0 aliphatic heterocycles. The van der Waals surface area contributed by atoms with Gasteiger partial charge in [0.2, 0.25) is 0 Å². The Balaban J connectivity index is 2.04. The molecule has 5 heteroatoms. The summed E-state index contributed by atoms with van der Waals surface area (Å²) in [5.74, 6) is 0. The van der Waals surface area contributed by atoms with E-state index in [-0.39, 0.29) is 10.6 Å². The zero-order valence-corrected chi connectivity index (χ0v) is 13.0. The maximum absolute atomic E-state index is 11.5. The smallest absolute Gasteiger partial charge is 0.294 e. The first-order valence-corrected chi connectivity index (χ1v) is 7.32. The van der Waals surface area contributed by atoms with Gasteiger partial charge in [0.1, 0.15) is 5.69 Å². The van der Waals surface area contributed by atoms with E-state index < -0.39 is 0 Å². The van der Waals surface area contributed by atoms with Gasteiger partial charge in [-0.1, -0.05) is 18.2 Å². The fraction of sp³-hybridized carbons (Fsp3) is 0.111. The predicted molar refractivity (Wildman–Crippen MR) is 91.6 cm³/mol. The Bertz CT molecular complexity index is 834. The van der Waals surface area contributed by atoms with Crippen LogP contribution in [-0.2, 0) is 0 Å². The van der Waals surface area contributed by atoms with E-state index in [0.29, 0.717) is 5.69 Å². The summed E-state index contributed by atoms with van der Waals surface area (Å²) in [6.07, 6.45) is 0. The highest BCUT2D eigenvalue weighted by Gasteiger charge is 2.16. The molecule has 3 aromatic rings. The summed E-state index contributed by atoms with van der Waals surface area (Å²) < 4.78 is 2.00. The average Bonchev–Trinajstić information content (AvgIpc) is 2.88. The van der Waals surface area contributed by atoms with E-state index in [0.717, 1.165) is 22.8 Å². The lowest BCUT2D eigenvalue weighted by atomic mass is 10.2. The van der Waals surface area contributed by atoms with Crippen LogP contribution in [0.3, 0.4) is 0 Å². The molecule has 1 N–H and O–H groups in total. The van der Waals surface area contributed by atoms with Gasteiger partial charge in [0.05, 0.1) is 10.6 Å². The van der Waals surface area contributed by atoms with Crippen molar-refractivity contribution in [2.45, 2.75) is 13.8 Å². The van der Waals surface area contributed by atoms with Crippen molar-refractivity contribution in [1.82, 2.24) is 4.57 Å². The van der Waals surface area contributed by atoms with E-state index in [4.69, 9.17) is 0 Å². The van der Waals surface area contributed by atoms with Gasteiger partial charge in [0.25, 0.3) is 5.69 Å². The van der Waals surface area contributed by atoms with Crippen molar-refractivity contribution in [2.24, 2.45) is 0 Å². The minimum Gasteiger partial charge on any atom is -0.350 e. The highest BCUT2D eigenvalue weighted by Crippen LogP contribution is 2.31. The van der Waals surface area contributed by atoms with Crippen LogP contribution < -0.4 is 5.32 Å². The van der Waals surface area contributed by atoms with Gasteiger partial charge in [0.15, 0.2) is 0 Å². The molecule has 1 aromatic heterocycles. The average molecular weight is 307 g/mol. The van der Waals surface area contributed by atoms with Crippen LogP contribution in [0.2, 0.25) is 0 Å². The van der Waals surface area contributed by atoms with Gasteiger partial charge >= 0.3 is 0 Å². The molecule has 0 aliphatic rings. The molecule has 0 saturated heterocycles. The van der Waals surface area contributed by atoms with E-state index in [1.807, 2.05) is 66.9 Å². The molecule has 1 heterocycles. The molecule has 0 saturated carbocycles. The topological polar surface area (TPSA) is 60.1 Å². The van der Waals surface area contributed by atoms with Crippen LogP contribution in [0.5, 0.6) is 0 Å². The maximum atomic E-state index is 11.5. The molecule has 2 aromatic carbocycles. The second kappa shape index (κ2) is 5.96. The van der Waals surface area contributed by atoms with Crippen molar-refractivity contribution in [3.8, 4) is 5.69 Å². The van der Waals surface area contributed by atoms with Crippen LogP contribution in [-0.4, -0.2) is 9.49 Å². The normalized spacial score (nSPS) is 10.5. The van der Waals surface area contributed by atoms with E-state index in [2.05, 4.69) is 5.32 Å². The SMILES string of the molecule is Cc1ccc(C)n1-c1ccc(Nc2ccccc2)c([N+](=O)[O-])c1. The van der Waals surface area contributed by atoms with Crippen molar-refractivity contribution in [3.63, 3.8) is 0 Å². The summed E-state index contributed by atoms with van der Waals surface area (Å²) in [6, 6.07) is 18.7. The lowest BCUT2D eigenvalue weighted by molar-refractivity contribution is -0.383. The minimum absolute atomic E-state index is 0.0545. The highest BCUT2D eigenvalue weighted by atomic mass is 16.6. The molecule has 0 unspecified atom stereocenters. The third-order valence-corrected chi connectivity index (χ3v) is 3.76. The lowest BCUT2D eigenvalue weighted by Gasteiger charge is -2.12. The van der Waals surface area contributed by atoms with Gasteiger partial charge < -0.3 is 9.88 Å². The molecular formula is C18H17N3O2. The van der Waals surface area contributed by atoms with E-state index in [9.17, 15) is 10.1 Å². The van der Waals surface area contributed by atoms with Crippen molar-refractivity contribution in [3.05, 3.63) is 82.2 Å². The molecule has 0 spiro atoms. The second-order valence-corrected chi connectivity index (χ2v) is 5.40. The van der Waals surface area contributed by atoms with E-state index >= 15 is 0 Å².